The molecule has 2 aliphatic heterocycles. The summed E-state index contributed by atoms with van der Waals surface area (Å²) in [5.74, 6) is 0.283. The highest BCUT2D eigenvalue weighted by Gasteiger charge is 2.41. The van der Waals surface area contributed by atoms with Gasteiger partial charge >= 0.3 is 6.03 Å². The number of hydrogen-bond donors (Lipinski definition) is 3. The van der Waals surface area contributed by atoms with Crippen LogP contribution in [0.5, 0.6) is 0 Å². The molecule has 30 heavy (non-hydrogen) atoms. The number of halogens is 1. The van der Waals surface area contributed by atoms with Crippen molar-refractivity contribution in [2.24, 2.45) is 16.7 Å². The van der Waals surface area contributed by atoms with Gasteiger partial charge in [-0.2, -0.15) is 5.10 Å². The third-order valence-corrected chi connectivity index (χ3v) is 7.16. The Balaban J connectivity index is 1.39. The lowest BCUT2D eigenvalue weighted by molar-refractivity contribution is -0.0979. The molecule has 1 aromatic carbocycles. The Morgan fingerprint density at radius 3 is 2.77 bits per heavy atom. The van der Waals surface area contributed by atoms with E-state index >= 15 is 0 Å². The van der Waals surface area contributed by atoms with Crippen LogP contribution in [0.4, 0.5) is 4.79 Å². The number of aliphatic hydroxyl groups is 1. The molecule has 2 fully saturated rings. The highest BCUT2D eigenvalue weighted by Crippen LogP contribution is 2.46. The predicted octanol–water partition coefficient (Wildman–Crippen LogP) is 3.73. The highest BCUT2D eigenvalue weighted by atomic mass is 35.5. The smallest absolute Gasteiger partial charge is 0.317 e. The van der Waals surface area contributed by atoms with Crippen LogP contribution in [-0.2, 0) is 4.74 Å². The van der Waals surface area contributed by atoms with Crippen LogP contribution in [0.1, 0.15) is 45.3 Å². The first kappa shape index (κ1) is 21.4. The van der Waals surface area contributed by atoms with Gasteiger partial charge < -0.3 is 20.1 Å². The summed E-state index contributed by atoms with van der Waals surface area (Å²) in [5, 5.41) is 22.9. The molecule has 1 unspecified atom stereocenters. The van der Waals surface area contributed by atoms with E-state index in [9.17, 15) is 9.90 Å². The number of aromatic amines is 1. The molecule has 1 aromatic heterocycles. The van der Waals surface area contributed by atoms with Gasteiger partial charge in [0, 0.05) is 41.0 Å². The Kier molecular flexibility index (Phi) is 5.72. The standard InChI is InChI=1S/C22H31ClN4O3/c1-21(2,19(28)17-9-16(23)8-14-10-25-26-18(14)17)15-4-6-27(7-5-15)20(29)24-11-22(3)12-30-13-22/h8-10,15,19,28H,4-7,11-13H2,1-3H3,(H,24,29)(H,25,26). The summed E-state index contributed by atoms with van der Waals surface area (Å²) in [5.41, 5.74) is 1.29. The van der Waals surface area contributed by atoms with Crippen molar-refractivity contribution < 1.29 is 14.6 Å². The number of benzene rings is 1. The number of rotatable bonds is 5. The molecule has 3 N–H and O–H groups in total. The second kappa shape index (κ2) is 8.02. The van der Waals surface area contributed by atoms with Gasteiger partial charge in [-0.25, -0.2) is 4.79 Å². The number of nitrogens with zero attached hydrogens (tertiary/aromatic N) is 2. The molecule has 4 rings (SSSR count). The van der Waals surface area contributed by atoms with Gasteiger partial charge in [-0.1, -0.05) is 32.4 Å². The van der Waals surface area contributed by atoms with Gasteiger partial charge in [-0.05, 0) is 36.3 Å². The van der Waals surface area contributed by atoms with Gasteiger partial charge in [-0.3, -0.25) is 5.10 Å². The highest BCUT2D eigenvalue weighted by molar-refractivity contribution is 6.31. The van der Waals surface area contributed by atoms with Crippen LogP contribution in [0, 0.1) is 16.7 Å². The number of aliphatic hydroxyl groups excluding tert-OH is 1. The third kappa shape index (κ3) is 4.03. The predicted molar refractivity (Wildman–Crippen MR) is 116 cm³/mol. The number of piperidine rings is 1. The molecule has 0 radical (unpaired) electrons. The lowest BCUT2D eigenvalue weighted by Crippen LogP contribution is -2.53. The van der Waals surface area contributed by atoms with E-state index in [2.05, 4.69) is 36.3 Å². The lowest BCUT2D eigenvalue weighted by Gasteiger charge is -2.44. The minimum atomic E-state index is -0.692. The maximum atomic E-state index is 12.5. The molecule has 8 heteroatoms. The summed E-state index contributed by atoms with van der Waals surface area (Å²) in [6, 6.07) is 3.66. The quantitative estimate of drug-likeness (QED) is 0.668. The number of fused-ring (bicyclic) bond motifs is 1. The minimum Gasteiger partial charge on any atom is -0.388 e. The van der Waals surface area contributed by atoms with Crippen LogP contribution in [0.3, 0.4) is 0 Å². The first-order valence-corrected chi connectivity index (χ1v) is 11.0. The normalized spacial score (nSPS) is 20.8. The van der Waals surface area contributed by atoms with Crippen molar-refractivity contribution in [3.63, 3.8) is 0 Å². The zero-order chi connectivity index (χ0) is 21.5. The SMILES string of the molecule is CC1(CNC(=O)N2CCC(C(C)(C)C(O)c3cc(Cl)cc4cn[nH]c34)CC2)COC1. The molecular weight excluding hydrogens is 404 g/mol. The summed E-state index contributed by atoms with van der Waals surface area (Å²) >= 11 is 6.28. The number of carbonyl (C=O) groups is 1. The Labute approximate surface area is 182 Å². The number of aromatic nitrogens is 2. The summed E-state index contributed by atoms with van der Waals surface area (Å²) in [6.07, 6.45) is 2.73. The van der Waals surface area contributed by atoms with Crippen molar-refractivity contribution in [2.45, 2.75) is 39.7 Å². The maximum Gasteiger partial charge on any atom is 0.317 e. The Morgan fingerprint density at radius 2 is 2.13 bits per heavy atom. The number of nitrogens with one attached hydrogen (secondary N) is 2. The molecule has 164 valence electrons. The number of urea groups is 1. The van der Waals surface area contributed by atoms with Gasteiger partial charge in [-0.15, -0.1) is 0 Å². The van der Waals surface area contributed by atoms with Crippen molar-refractivity contribution in [3.8, 4) is 0 Å². The Hall–Kier alpha value is -1.83. The molecule has 7 nitrogen and oxygen atoms in total. The third-order valence-electron chi connectivity index (χ3n) is 6.95. The van der Waals surface area contributed by atoms with E-state index in [1.54, 1.807) is 6.20 Å². The van der Waals surface area contributed by atoms with Crippen LogP contribution in [0.15, 0.2) is 18.3 Å². The Morgan fingerprint density at radius 1 is 1.43 bits per heavy atom. The number of carbonyl (C=O) groups excluding carboxylic acids is 1. The second-order valence-corrected chi connectivity index (χ2v) is 10.2. The molecule has 3 heterocycles. The van der Waals surface area contributed by atoms with Gasteiger partial charge in [0.2, 0.25) is 0 Å². The van der Waals surface area contributed by atoms with Crippen LogP contribution >= 0.6 is 11.6 Å². The first-order valence-electron chi connectivity index (χ1n) is 10.6. The molecule has 2 saturated heterocycles. The van der Waals surface area contributed by atoms with E-state index in [0.717, 1.165) is 29.3 Å². The zero-order valence-corrected chi connectivity index (χ0v) is 18.6. The maximum absolute atomic E-state index is 12.5. The second-order valence-electron chi connectivity index (χ2n) is 9.78. The molecule has 0 saturated carbocycles. The van der Waals surface area contributed by atoms with E-state index in [1.165, 1.54) is 0 Å². The van der Waals surface area contributed by atoms with Gasteiger partial charge in [0.1, 0.15) is 0 Å². The van der Waals surface area contributed by atoms with Crippen molar-refractivity contribution in [3.05, 3.63) is 28.9 Å². The fourth-order valence-corrected chi connectivity index (χ4v) is 4.90. The molecule has 0 spiro atoms. The van der Waals surface area contributed by atoms with Crippen LogP contribution < -0.4 is 5.32 Å². The average molecular weight is 435 g/mol. The monoisotopic (exact) mass is 434 g/mol. The van der Waals surface area contributed by atoms with Crippen LogP contribution in [-0.4, -0.2) is 59.1 Å². The largest absolute Gasteiger partial charge is 0.388 e. The van der Waals surface area contributed by atoms with Crippen LogP contribution in [0.2, 0.25) is 5.02 Å². The number of likely N-dealkylation sites (tertiary alicyclic amines) is 1. The molecule has 0 bridgehead atoms. The number of amides is 2. The van der Waals surface area contributed by atoms with E-state index in [0.29, 0.717) is 37.9 Å². The van der Waals surface area contributed by atoms with E-state index in [1.807, 2.05) is 17.0 Å². The van der Waals surface area contributed by atoms with Gasteiger partial charge in [0.25, 0.3) is 0 Å². The van der Waals surface area contributed by atoms with E-state index in [-0.39, 0.29) is 22.8 Å². The van der Waals surface area contributed by atoms with E-state index < -0.39 is 6.10 Å². The summed E-state index contributed by atoms with van der Waals surface area (Å²) in [6.45, 7) is 9.74. The molecule has 2 aromatic rings. The van der Waals surface area contributed by atoms with Crippen molar-refractivity contribution in [1.29, 1.82) is 0 Å². The summed E-state index contributed by atoms with van der Waals surface area (Å²) < 4.78 is 5.25. The molecule has 2 aliphatic rings. The molecule has 0 aliphatic carbocycles. The van der Waals surface area contributed by atoms with Crippen molar-refractivity contribution >= 4 is 28.5 Å². The van der Waals surface area contributed by atoms with Crippen LogP contribution in [0.25, 0.3) is 10.9 Å². The summed E-state index contributed by atoms with van der Waals surface area (Å²) in [4.78, 5) is 14.4. The van der Waals surface area contributed by atoms with E-state index in [4.69, 9.17) is 16.3 Å². The molecular formula is C22H31ClN4O3. The van der Waals surface area contributed by atoms with Gasteiger partial charge in [0.05, 0.1) is 31.0 Å². The fourth-order valence-electron chi connectivity index (χ4n) is 4.67. The zero-order valence-electron chi connectivity index (χ0n) is 17.9. The fraction of sp³-hybridized carbons (Fsp3) is 0.636. The van der Waals surface area contributed by atoms with Crippen molar-refractivity contribution in [2.75, 3.05) is 32.8 Å². The Bertz CT molecular complexity index is 916. The van der Waals surface area contributed by atoms with Crippen molar-refractivity contribution in [1.82, 2.24) is 20.4 Å². The number of hydrogen-bond acceptors (Lipinski definition) is 4. The first-order chi connectivity index (χ1) is 14.2. The molecule has 2 amide bonds. The average Bonchev–Trinajstić information content (AvgIpc) is 3.17. The topological polar surface area (TPSA) is 90.5 Å². The molecule has 1 atom stereocenters. The number of ether oxygens (including phenoxy) is 1. The summed E-state index contributed by atoms with van der Waals surface area (Å²) in [7, 11) is 0. The lowest BCUT2D eigenvalue weighted by atomic mass is 9.68. The number of H-pyrrole nitrogens is 1. The minimum absolute atomic E-state index is 0.00561. The van der Waals surface area contributed by atoms with Gasteiger partial charge in [0.15, 0.2) is 0 Å².